The molecular weight excluding hydrogens is 454 g/mol. The molecule has 1 aliphatic heterocycles. The van der Waals surface area contributed by atoms with Crippen LogP contribution < -0.4 is 4.90 Å². The Morgan fingerprint density at radius 1 is 0.757 bits per heavy atom. The van der Waals surface area contributed by atoms with Gasteiger partial charge in [0.05, 0.1) is 0 Å². The summed E-state index contributed by atoms with van der Waals surface area (Å²) in [5.41, 5.74) is 4.09. The third kappa shape index (κ3) is 5.26. The predicted octanol–water partition coefficient (Wildman–Crippen LogP) is 7.20. The minimum absolute atomic E-state index is 0.434. The van der Waals surface area contributed by atoms with Gasteiger partial charge < -0.3 is 14.6 Å². The van der Waals surface area contributed by atoms with Crippen LogP contribution in [0.25, 0.3) is 10.8 Å². The van der Waals surface area contributed by atoms with Gasteiger partial charge in [0.1, 0.15) is 0 Å². The topological polar surface area (TPSA) is 31.6 Å². The fraction of sp³-hybridized carbons (Fsp3) is 0.394. The Kier molecular flexibility index (Phi) is 7.18. The van der Waals surface area contributed by atoms with Crippen molar-refractivity contribution in [3.05, 3.63) is 96.2 Å². The van der Waals surface area contributed by atoms with E-state index in [4.69, 9.17) is 0 Å². The molecular formula is C33H39N3O. The number of piperazine rings is 1. The van der Waals surface area contributed by atoms with E-state index in [9.17, 15) is 5.11 Å². The number of anilines is 1. The molecule has 4 heteroatoms. The lowest BCUT2D eigenvalue weighted by atomic mass is 9.88. The van der Waals surface area contributed by atoms with Crippen LogP contribution >= 0.6 is 0 Å². The van der Waals surface area contributed by atoms with Crippen LogP contribution in [0, 0.1) is 0 Å². The lowest BCUT2D eigenvalue weighted by Crippen LogP contribution is -2.46. The van der Waals surface area contributed by atoms with Crippen molar-refractivity contribution in [3.63, 3.8) is 0 Å². The quantitative estimate of drug-likeness (QED) is 0.295. The van der Waals surface area contributed by atoms with Crippen LogP contribution in [-0.4, -0.2) is 47.3 Å². The van der Waals surface area contributed by atoms with Gasteiger partial charge in [0.15, 0.2) is 5.88 Å². The van der Waals surface area contributed by atoms with Gasteiger partial charge in [-0.2, -0.15) is 0 Å². The number of fused-ring (bicyclic) bond motifs is 1. The lowest BCUT2D eigenvalue weighted by Gasteiger charge is -2.36. The van der Waals surface area contributed by atoms with E-state index >= 15 is 0 Å². The van der Waals surface area contributed by atoms with Crippen molar-refractivity contribution in [2.24, 2.45) is 0 Å². The standard InChI is InChI=1S/C33H39N3O/c37-33-32-17-16-30(24-28(32)25-36(33)29-14-8-3-9-15-29)35-22-20-34(21-23-35)19-18-31(26-10-4-1-5-11-26)27-12-6-2-7-13-27/h1-2,4-7,10-13,16-17,24-25,29,31,37H,3,8-9,14-15,18-23H2. The maximum absolute atomic E-state index is 10.9. The van der Waals surface area contributed by atoms with Crippen molar-refractivity contribution in [2.75, 3.05) is 37.6 Å². The first kappa shape index (κ1) is 24.1. The molecule has 1 saturated carbocycles. The molecule has 2 heterocycles. The summed E-state index contributed by atoms with van der Waals surface area (Å²) >= 11 is 0. The number of nitrogens with zero attached hydrogens (tertiary/aromatic N) is 3. The zero-order chi connectivity index (χ0) is 25.0. The Morgan fingerprint density at radius 2 is 1.41 bits per heavy atom. The first-order valence-corrected chi connectivity index (χ1v) is 14.2. The summed E-state index contributed by atoms with van der Waals surface area (Å²) in [7, 11) is 0. The SMILES string of the molecule is Oc1c2ccc(N3CCN(CCC(c4ccccc4)c4ccccc4)CC3)cc2cn1C1CCCCC1. The minimum Gasteiger partial charge on any atom is -0.494 e. The zero-order valence-electron chi connectivity index (χ0n) is 21.8. The molecule has 1 aromatic heterocycles. The molecule has 192 valence electrons. The third-order valence-corrected chi connectivity index (χ3v) is 8.64. The molecule has 1 saturated heterocycles. The van der Waals surface area contributed by atoms with Crippen LogP contribution in [0.4, 0.5) is 5.69 Å². The fourth-order valence-corrected chi connectivity index (χ4v) is 6.48. The van der Waals surface area contributed by atoms with Crippen molar-refractivity contribution in [1.29, 1.82) is 0 Å². The summed E-state index contributed by atoms with van der Waals surface area (Å²) in [6, 6.07) is 29.0. The Hall–Kier alpha value is -3.24. The van der Waals surface area contributed by atoms with Gasteiger partial charge in [-0.15, -0.1) is 0 Å². The largest absolute Gasteiger partial charge is 0.494 e. The van der Waals surface area contributed by atoms with E-state index in [0.717, 1.165) is 49.9 Å². The predicted molar refractivity (Wildman–Crippen MR) is 154 cm³/mol. The first-order valence-electron chi connectivity index (χ1n) is 14.2. The van der Waals surface area contributed by atoms with E-state index in [-0.39, 0.29) is 0 Å². The molecule has 0 atom stereocenters. The second-order valence-corrected chi connectivity index (χ2v) is 10.9. The molecule has 2 fully saturated rings. The van der Waals surface area contributed by atoms with Crippen LogP contribution in [0.3, 0.4) is 0 Å². The van der Waals surface area contributed by atoms with Crippen LogP contribution in [-0.2, 0) is 0 Å². The van der Waals surface area contributed by atoms with E-state index in [1.165, 1.54) is 48.9 Å². The summed E-state index contributed by atoms with van der Waals surface area (Å²) in [5, 5.41) is 13.0. The van der Waals surface area contributed by atoms with Crippen LogP contribution in [0.1, 0.15) is 61.6 Å². The summed E-state index contributed by atoms with van der Waals surface area (Å²) in [6.45, 7) is 5.37. The highest BCUT2D eigenvalue weighted by molar-refractivity contribution is 5.90. The van der Waals surface area contributed by atoms with Gasteiger partial charge in [-0.3, -0.25) is 4.90 Å². The molecule has 0 spiro atoms. The summed E-state index contributed by atoms with van der Waals surface area (Å²) < 4.78 is 2.14. The summed E-state index contributed by atoms with van der Waals surface area (Å²) in [5.74, 6) is 0.883. The van der Waals surface area contributed by atoms with Crippen molar-refractivity contribution in [1.82, 2.24) is 9.47 Å². The van der Waals surface area contributed by atoms with E-state index < -0.39 is 0 Å². The summed E-state index contributed by atoms with van der Waals surface area (Å²) in [6.07, 6.45) is 9.55. The number of rotatable bonds is 7. The number of hydrogen-bond donors (Lipinski definition) is 1. The van der Waals surface area contributed by atoms with Gasteiger partial charge in [0.2, 0.25) is 0 Å². The van der Waals surface area contributed by atoms with Crippen LogP contribution in [0.15, 0.2) is 85.1 Å². The maximum Gasteiger partial charge on any atom is 0.199 e. The van der Waals surface area contributed by atoms with Gasteiger partial charge >= 0.3 is 0 Å². The molecule has 0 radical (unpaired) electrons. The number of aromatic hydroxyl groups is 1. The molecule has 1 aliphatic carbocycles. The molecule has 1 N–H and O–H groups in total. The van der Waals surface area contributed by atoms with E-state index in [1.54, 1.807) is 0 Å². The van der Waals surface area contributed by atoms with E-state index in [1.807, 2.05) is 0 Å². The van der Waals surface area contributed by atoms with Crippen molar-refractivity contribution < 1.29 is 5.11 Å². The van der Waals surface area contributed by atoms with Crippen molar-refractivity contribution >= 4 is 16.5 Å². The second kappa shape index (κ2) is 11.0. The zero-order valence-corrected chi connectivity index (χ0v) is 21.8. The van der Waals surface area contributed by atoms with Gasteiger partial charge in [-0.25, -0.2) is 0 Å². The average molecular weight is 494 g/mol. The lowest BCUT2D eigenvalue weighted by molar-refractivity contribution is 0.251. The van der Waals surface area contributed by atoms with Crippen molar-refractivity contribution in [2.45, 2.75) is 50.5 Å². The van der Waals surface area contributed by atoms with E-state index in [0.29, 0.717) is 17.8 Å². The monoisotopic (exact) mass is 493 g/mol. The van der Waals surface area contributed by atoms with Crippen LogP contribution in [0.5, 0.6) is 5.88 Å². The molecule has 2 aliphatic rings. The molecule has 0 bridgehead atoms. The number of aromatic nitrogens is 1. The molecule has 0 amide bonds. The highest BCUT2D eigenvalue weighted by Crippen LogP contribution is 2.38. The number of hydrogen-bond acceptors (Lipinski definition) is 3. The molecule has 4 nitrogen and oxygen atoms in total. The fourth-order valence-electron chi connectivity index (χ4n) is 6.48. The highest BCUT2D eigenvalue weighted by atomic mass is 16.3. The Bertz CT molecular complexity index is 1250. The Morgan fingerprint density at radius 3 is 2.05 bits per heavy atom. The Balaban J connectivity index is 1.10. The van der Waals surface area contributed by atoms with Gasteiger partial charge in [-0.05, 0) is 55.1 Å². The molecule has 6 rings (SSSR count). The molecule has 4 aromatic rings. The minimum atomic E-state index is 0.434. The third-order valence-electron chi connectivity index (χ3n) is 8.64. The Labute approximate surface area is 221 Å². The summed E-state index contributed by atoms with van der Waals surface area (Å²) in [4.78, 5) is 5.14. The van der Waals surface area contributed by atoms with Gasteiger partial charge in [0, 0.05) is 60.8 Å². The van der Waals surface area contributed by atoms with Gasteiger partial charge in [0.25, 0.3) is 0 Å². The normalized spacial score (nSPS) is 17.6. The highest BCUT2D eigenvalue weighted by Gasteiger charge is 2.22. The molecule has 0 unspecified atom stereocenters. The van der Waals surface area contributed by atoms with Crippen LogP contribution in [0.2, 0.25) is 0 Å². The number of benzene rings is 3. The first-order chi connectivity index (χ1) is 18.3. The van der Waals surface area contributed by atoms with Gasteiger partial charge in [-0.1, -0.05) is 79.9 Å². The average Bonchev–Trinajstić information content (AvgIpc) is 3.30. The maximum atomic E-state index is 10.9. The molecule has 37 heavy (non-hydrogen) atoms. The molecule has 3 aromatic carbocycles. The van der Waals surface area contributed by atoms with E-state index in [2.05, 4.69) is 99.4 Å². The second-order valence-electron chi connectivity index (χ2n) is 10.9. The van der Waals surface area contributed by atoms with Crippen molar-refractivity contribution in [3.8, 4) is 5.88 Å². The smallest absolute Gasteiger partial charge is 0.199 e.